The number of carbonyl (C=O) groups excluding carboxylic acids is 3. The summed E-state index contributed by atoms with van der Waals surface area (Å²) in [6.45, 7) is 1.81. The number of nitrogens with zero attached hydrogens (tertiary/aromatic N) is 3. The van der Waals surface area contributed by atoms with Crippen molar-refractivity contribution in [2.75, 3.05) is 13.7 Å². The zero-order chi connectivity index (χ0) is 24.9. The molecule has 35 heavy (non-hydrogen) atoms. The van der Waals surface area contributed by atoms with Crippen molar-refractivity contribution in [1.82, 2.24) is 14.5 Å². The van der Waals surface area contributed by atoms with Crippen LogP contribution in [-0.4, -0.2) is 45.9 Å². The molecule has 0 aliphatic carbocycles. The highest BCUT2D eigenvalue weighted by Crippen LogP contribution is 2.34. The molecular formula is C26H24N4O5. The minimum absolute atomic E-state index is 0.00482. The van der Waals surface area contributed by atoms with E-state index in [9.17, 15) is 14.4 Å². The molecule has 2 heterocycles. The molecular weight excluding hydrogens is 448 g/mol. The van der Waals surface area contributed by atoms with Crippen LogP contribution in [0.1, 0.15) is 28.5 Å². The van der Waals surface area contributed by atoms with E-state index in [4.69, 9.17) is 10.5 Å². The van der Waals surface area contributed by atoms with E-state index < -0.39 is 24.3 Å². The Kier molecular flexibility index (Phi) is 6.86. The summed E-state index contributed by atoms with van der Waals surface area (Å²) in [5, 5.41) is 0.231. The highest BCUT2D eigenvalue weighted by atomic mass is 16.6. The summed E-state index contributed by atoms with van der Waals surface area (Å²) in [5.74, 6) is -2.60. The number of carbonyl (C=O) groups is 3. The third-order valence-electron chi connectivity index (χ3n) is 5.68. The van der Waals surface area contributed by atoms with Gasteiger partial charge in [-0.25, -0.2) is 14.8 Å². The molecule has 178 valence electrons. The van der Waals surface area contributed by atoms with Crippen LogP contribution in [0.4, 0.5) is 0 Å². The fraction of sp³-hybridized carbons (Fsp3) is 0.192. The number of aromatic nitrogens is 3. The standard InChI is InChI=1S/C26H24N4O5/c1-3-19-21(23(32)24(27)33)22-25(28-15-29-26(22)35-14-20(31)34-2)30(19)13-17-11-7-8-12-18(17)16-9-5-4-6-10-16/h4-12,15H,3,13-14H2,1-2H3,(H2,27,33). The summed E-state index contributed by atoms with van der Waals surface area (Å²) in [6.07, 6.45) is 1.70. The van der Waals surface area contributed by atoms with Crippen molar-refractivity contribution in [2.24, 2.45) is 5.73 Å². The third kappa shape index (κ3) is 4.61. The van der Waals surface area contributed by atoms with Crippen molar-refractivity contribution in [3.05, 3.63) is 77.7 Å². The number of hydrogen-bond acceptors (Lipinski definition) is 7. The summed E-state index contributed by atoms with van der Waals surface area (Å²) >= 11 is 0. The Morgan fingerprint density at radius 3 is 2.40 bits per heavy atom. The first-order valence-corrected chi connectivity index (χ1v) is 11.0. The van der Waals surface area contributed by atoms with Crippen LogP contribution in [0.2, 0.25) is 0 Å². The number of methoxy groups -OCH3 is 1. The van der Waals surface area contributed by atoms with Crippen LogP contribution in [0.5, 0.6) is 5.88 Å². The molecule has 0 aliphatic rings. The van der Waals surface area contributed by atoms with E-state index in [0.717, 1.165) is 16.7 Å². The highest BCUT2D eigenvalue weighted by molar-refractivity contribution is 6.45. The Morgan fingerprint density at radius 2 is 1.71 bits per heavy atom. The van der Waals surface area contributed by atoms with E-state index in [1.165, 1.54) is 13.4 Å². The minimum Gasteiger partial charge on any atom is -0.466 e. The smallest absolute Gasteiger partial charge is 0.343 e. The largest absolute Gasteiger partial charge is 0.466 e. The van der Waals surface area contributed by atoms with Crippen LogP contribution >= 0.6 is 0 Å². The number of ketones is 1. The topological polar surface area (TPSA) is 126 Å². The molecule has 2 aromatic heterocycles. The van der Waals surface area contributed by atoms with Gasteiger partial charge in [-0.3, -0.25) is 9.59 Å². The molecule has 0 atom stereocenters. The quantitative estimate of drug-likeness (QED) is 0.225. The first kappa shape index (κ1) is 23.6. The molecule has 2 aromatic carbocycles. The lowest BCUT2D eigenvalue weighted by Gasteiger charge is -2.14. The molecule has 2 N–H and O–H groups in total. The predicted molar refractivity (Wildman–Crippen MR) is 129 cm³/mol. The monoisotopic (exact) mass is 472 g/mol. The van der Waals surface area contributed by atoms with E-state index >= 15 is 0 Å². The molecule has 0 unspecified atom stereocenters. The molecule has 0 saturated carbocycles. The zero-order valence-corrected chi connectivity index (χ0v) is 19.4. The lowest BCUT2D eigenvalue weighted by molar-refractivity contribution is -0.143. The summed E-state index contributed by atoms with van der Waals surface area (Å²) in [5.41, 5.74) is 9.47. The summed E-state index contributed by atoms with van der Waals surface area (Å²) in [6, 6.07) is 17.9. The number of amides is 1. The van der Waals surface area contributed by atoms with Crippen molar-refractivity contribution in [3.63, 3.8) is 0 Å². The van der Waals surface area contributed by atoms with Crippen LogP contribution in [-0.2, 0) is 27.3 Å². The summed E-state index contributed by atoms with van der Waals surface area (Å²) in [7, 11) is 1.24. The lowest BCUT2D eigenvalue weighted by Crippen LogP contribution is -2.24. The number of hydrogen-bond donors (Lipinski definition) is 1. The number of rotatable bonds is 9. The van der Waals surface area contributed by atoms with Gasteiger partial charge in [0.15, 0.2) is 6.61 Å². The van der Waals surface area contributed by atoms with E-state index in [1.807, 2.05) is 66.1 Å². The number of nitrogens with two attached hydrogens (primary N) is 1. The molecule has 0 aliphatic heterocycles. The maximum atomic E-state index is 12.9. The second kappa shape index (κ2) is 10.2. The second-order valence-corrected chi connectivity index (χ2v) is 7.72. The van der Waals surface area contributed by atoms with Gasteiger partial charge in [0.2, 0.25) is 5.88 Å². The van der Waals surface area contributed by atoms with E-state index in [-0.39, 0.29) is 16.8 Å². The summed E-state index contributed by atoms with van der Waals surface area (Å²) < 4.78 is 12.0. The van der Waals surface area contributed by atoms with Crippen molar-refractivity contribution < 1.29 is 23.9 Å². The van der Waals surface area contributed by atoms with Crippen LogP contribution in [0.15, 0.2) is 60.9 Å². The lowest BCUT2D eigenvalue weighted by atomic mass is 9.99. The van der Waals surface area contributed by atoms with Gasteiger partial charge in [0, 0.05) is 12.2 Å². The molecule has 9 nitrogen and oxygen atoms in total. The first-order chi connectivity index (χ1) is 17.0. The molecule has 1 amide bonds. The fourth-order valence-electron chi connectivity index (χ4n) is 4.12. The number of esters is 1. The van der Waals surface area contributed by atoms with Gasteiger partial charge in [0.1, 0.15) is 12.0 Å². The maximum Gasteiger partial charge on any atom is 0.343 e. The average molecular weight is 473 g/mol. The Bertz CT molecular complexity index is 1410. The van der Waals surface area contributed by atoms with Gasteiger partial charge in [-0.2, -0.15) is 0 Å². The van der Waals surface area contributed by atoms with Crippen LogP contribution < -0.4 is 10.5 Å². The molecule has 4 rings (SSSR count). The van der Waals surface area contributed by atoms with Gasteiger partial charge in [0.25, 0.3) is 11.7 Å². The van der Waals surface area contributed by atoms with E-state index in [0.29, 0.717) is 24.3 Å². The van der Waals surface area contributed by atoms with E-state index in [2.05, 4.69) is 14.7 Å². The molecule has 0 fully saturated rings. The van der Waals surface area contributed by atoms with Gasteiger partial charge in [-0.05, 0) is 23.1 Å². The minimum atomic E-state index is -1.11. The van der Waals surface area contributed by atoms with Crippen molar-refractivity contribution >= 4 is 28.7 Å². The number of primary amides is 1. The molecule has 4 aromatic rings. The van der Waals surface area contributed by atoms with Gasteiger partial charge in [-0.15, -0.1) is 0 Å². The highest BCUT2D eigenvalue weighted by Gasteiger charge is 2.29. The van der Waals surface area contributed by atoms with Crippen molar-refractivity contribution in [2.45, 2.75) is 19.9 Å². The SMILES string of the molecule is CCc1c(C(=O)C(N)=O)c2c(OCC(=O)OC)ncnc2n1Cc1ccccc1-c1ccccc1. The third-order valence-corrected chi connectivity index (χ3v) is 5.68. The molecule has 0 radical (unpaired) electrons. The van der Waals surface area contributed by atoms with Gasteiger partial charge >= 0.3 is 5.97 Å². The van der Waals surface area contributed by atoms with Gasteiger partial charge in [-0.1, -0.05) is 61.5 Å². The van der Waals surface area contributed by atoms with Gasteiger partial charge in [0.05, 0.1) is 18.1 Å². The van der Waals surface area contributed by atoms with Crippen LogP contribution in [0.25, 0.3) is 22.2 Å². The van der Waals surface area contributed by atoms with Gasteiger partial charge < -0.3 is 19.8 Å². The number of benzene rings is 2. The number of fused-ring (bicyclic) bond motifs is 1. The summed E-state index contributed by atoms with van der Waals surface area (Å²) in [4.78, 5) is 45.1. The normalized spacial score (nSPS) is 10.8. The Balaban J connectivity index is 1.92. The Labute approximate surface area is 201 Å². The Hall–Kier alpha value is -4.53. The fourth-order valence-corrected chi connectivity index (χ4v) is 4.12. The molecule has 9 heteroatoms. The zero-order valence-electron chi connectivity index (χ0n) is 19.4. The molecule has 0 saturated heterocycles. The first-order valence-electron chi connectivity index (χ1n) is 11.0. The number of Topliss-reactive ketones (excluding diaryl/α,β-unsaturated/α-hetero) is 1. The average Bonchev–Trinajstić information content (AvgIpc) is 3.21. The number of ether oxygens (including phenoxy) is 2. The Morgan fingerprint density at radius 1 is 1.00 bits per heavy atom. The molecule has 0 bridgehead atoms. The van der Waals surface area contributed by atoms with Crippen molar-refractivity contribution in [1.29, 1.82) is 0 Å². The predicted octanol–water partition coefficient (Wildman–Crippen LogP) is 2.93. The molecule has 0 spiro atoms. The van der Waals surface area contributed by atoms with Crippen LogP contribution in [0, 0.1) is 0 Å². The maximum absolute atomic E-state index is 12.9. The van der Waals surface area contributed by atoms with Crippen molar-refractivity contribution in [3.8, 4) is 17.0 Å². The second-order valence-electron chi connectivity index (χ2n) is 7.72. The van der Waals surface area contributed by atoms with E-state index in [1.54, 1.807) is 0 Å². The van der Waals surface area contributed by atoms with Crippen LogP contribution in [0.3, 0.4) is 0 Å².